The van der Waals surface area contributed by atoms with Gasteiger partial charge in [-0.1, -0.05) is 182 Å². The van der Waals surface area contributed by atoms with E-state index in [1.54, 1.807) is 0 Å². The molecule has 1 aliphatic carbocycles. The molecule has 0 saturated carbocycles. The summed E-state index contributed by atoms with van der Waals surface area (Å²) in [6.45, 7) is 0. The summed E-state index contributed by atoms with van der Waals surface area (Å²) in [6, 6.07) is 75.2. The van der Waals surface area contributed by atoms with Crippen LogP contribution < -0.4 is 0 Å². The SMILES string of the molecule is N#Cc1ccc(-c2ccc(-c3cc4c(cc3-c3nc(-c5ccccc5)nc(-c5ccccc5)n3)C3(c5ccccc5Sc5ccccc53)c3ccccc3-4)c3ccccc23)cc1. The summed E-state index contributed by atoms with van der Waals surface area (Å²) < 4.78 is 0. The van der Waals surface area contributed by atoms with Crippen molar-refractivity contribution < 1.29 is 0 Å². The lowest BCUT2D eigenvalue weighted by Crippen LogP contribution is -2.32. The van der Waals surface area contributed by atoms with Crippen molar-refractivity contribution in [2.45, 2.75) is 15.2 Å². The van der Waals surface area contributed by atoms with Crippen LogP contribution >= 0.6 is 11.8 Å². The van der Waals surface area contributed by atoms with E-state index in [4.69, 9.17) is 15.0 Å². The van der Waals surface area contributed by atoms with E-state index in [1.165, 1.54) is 43.2 Å². The van der Waals surface area contributed by atoms with Gasteiger partial charge in [0.15, 0.2) is 17.5 Å². The van der Waals surface area contributed by atoms with Crippen molar-refractivity contribution in [1.29, 1.82) is 5.26 Å². The molecule has 0 atom stereocenters. The van der Waals surface area contributed by atoms with Crippen LogP contribution in [0.15, 0.2) is 216 Å². The van der Waals surface area contributed by atoms with E-state index in [2.05, 4.69) is 152 Å². The van der Waals surface area contributed by atoms with Crippen molar-refractivity contribution in [2.75, 3.05) is 0 Å². The zero-order valence-corrected chi connectivity index (χ0v) is 34.1. The summed E-state index contributed by atoms with van der Waals surface area (Å²) in [4.78, 5) is 18.4. The molecular formula is C57H34N4S. The molecule has 2 aliphatic rings. The van der Waals surface area contributed by atoms with Gasteiger partial charge in [-0.25, -0.2) is 15.0 Å². The summed E-state index contributed by atoms with van der Waals surface area (Å²) in [7, 11) is 0. The van der Waals surface area contributed by atoms with E-state index in [9.17, 15) is 5.26 Å². The fraction of sp³-hybridized carbons (Fsp3) is 0.0175. The Labute approximate surface area is 363 Å². The molecular weight excluding hydrogens is 773 g/mol. The summed E-state index contributed by atoms with van der Waals surface area (Å²) in [5.74, 6) is 1.84. The summed E-state index contributed by atoms with van der Waals surface area (Å²) in [6.07, 6.45) is 0. The molecule has 5 heteroatoms. The monoisotopic (exact) mass is 806 g/mol. The van der Waals surface area contributed by atoms with Gasteiger partial charge < -0.3 is 0 Å². The maximum absolute atomic E-state index is 9.56. The molecule has 0 saturated heterocycles. The standard InChI is InChI=1S/C57H34N4S/c58-35-36-27-29-37(30-28-36)40-31-32-43(42-20-8-7-19-41(40)42)45-33-46-44-21-9-10-22-48(44)57(49-23-11-13-25-52(49)62-53-26-14-12-24-50(53)57)51(46)34-47(45)56-60-54(38-15-3-1-4-16-38)59-55(61-56)39-17-5-2-6-18-39/h1-34H. The highest BCUT2D eigenvalue weighted by Gasteiger charge is 2.50. The molecule has 0 unspecified atom stereocenters. The smallest absolute Gasteiger partial charge is 0.164 e. The first-order valence-electron chi connectivity index (χ1n) is 20.7. The highest BCUT2D eigenvalue weighted by atomic mass is 32.2. The number of benzene rings is 9. The Balaban J connectivity index is 1.21. The quantitative estimate of drug-likeness (QED) is 0.173. The average molecular weight is 807 g/mol. The molecule has 0 amide bonds. The van der Waals surface area contributed by atoms with Crippen LogP contribution in [0.4, 0.5) is 0 Å². The van der Waals surface area contributed by atoms with Gasteiger partial charge in [0, 0.05) is 26.5 Å². The van der Waals surface area contributed by atoms with Gasteiger partial charge >= 0.3 is 0 Å². The molecule has 288 valence electrons. The summed E-state index contributed by atoms with van der Waals surface area (Å²) >= 11 is 1.85. The predicted molar refractivity (Wildman–Crippen MR) is 251 cm³/mol. The molecule has 62 heavy (non-hydrogen) atoms. The van der Waals surface area contributed by atoms with Crippen molar-refractivity contribution in [2.24, 2.45) is 0 Å². The predicted octanol–water partition coefficient (Wildman–Crippen LogP) is 14.1. The van der Waals surface area contributed by atoms with Crippen LogP contribution in [0.1, 0.15) is 27.8 Å². The average Bonchev–Trinajstić information content (AvgIpc) is 3.63. The second-order valence-corrected chi connectivity index (χ2v) is 16.9. The molecule has 2 heterocycles. The zero-order valence-electron chi connectivity index (χ0n) is 33.3. The van der Waals surface area contributed by atoms with Crippen LogP contribution in [-0.4, -0.2) is 15.0 Å². The number of fused-ring (bicyclic) bond motifs is 10. The van der Waals surface area contributed by atoms with Gasteiger partial charge in [0.05, 0.1) is 17.0 Å². The van der Waals surface area contributed by atoms with Crippen molar-refractivity contribution in [3.05, 3.63) is 234 Å². The van der Waals surface area contributed by atoms with Gasteiger partial charge in [-0.15, -0.1) is 0 Å². The molecule has 10 aromatic rings. The molecule has 12 rings (SSSR count). The molecule has 0 fully saturated rings. The highest BCUT2D eigenvalue weighted by Crippen LogP contribution is 2.63. The Morgan fingerprint density at radius 3 is 1.50 bits per heavy atom. The van der Waals surface area contributed by atoms with E-state index >= 15 is 0 Å². The van der Waals surface area contributed by atoms with Gasteiger partial charge in [-0.2, -0.15) is 5.26 Å². The molecule has 1 aliphatic heterocycles. The number of hydrogen-bond acceptors (Lipinski definition) is 5. The largest absolute Gasteiger partial charge is 0.208 e. The summed E-state index contributed by atoms with van der Waals surface area (Å²) in [5.41, 5.74) is 14.5. The van der Waals surface area contributed by atoms with E-state index in [0.29, 0.717) is 23.0 Å². The van der Waals surface area contributed by atoms with Gasteiger partial charge in [0.1, 0.15) is 0 Å². The van der Waals surface area contributed by atoms with Crippen LogP contribution in [0.25, 0.3) is 78.3 Å². The number of hydrogen-bond donors (Lipinski definition) is 0. The molecule has 1 spiro atoms. The summed E-state index contributed by atoms with van der Waals surface area (Å²) in [5, 5.41) is 11.8. The number of nitriles is 1. The van der Waals surface area contributed by atoms with Crippen molar-refractivity contribution in [1.82, 2.24) is 15.0 Å². The van der Waals surface area contributed by atoms with E-state index < -0.39 is 5.41 Å². The lowest BCUT2D eigenvalue weighted by molar-refractivity contribution is 0.722. The van der Waals surface area contributed by atoms with Crippen molar-refractivity contribution >= 4 is 22.5 Å². The third kappa shape index (κ3) is 5.51. The zero-order chi connectivity index (χ0) is 41.2. The Kier molecular flexibility index (Phi) is 8.35. The van der Waals surface area contributed by atoms with Crippen LogP contribution in [0.5, 0.6) is 0 Å². The second kappa shape index (κ2) is 14.4. The molecule has 0 bridgehead atoms. The number of nitrogens with zero attached hydrogens (tertiary/aromatic N) is 4. The normalized spacial score (nSPS) is 12.9. The lowest BCUT2D eigenvalue weighted by Gasteiger charge is -2.39. The minimum atomic E-state index is -0.587. The van der Waals surface area contributed by atoms with Crippen molar-refractivity contribution in [3.63, 3.8) is 0 Å². The molecule has 0 N–H and O–H groups in total. The lowest BCUT2D eigenvalue weighted by atomic mass is 9.67. The molecule has 4 nitrogen and oxygen atoms in total. The Morgan fingerprint density at radius 1 is 0.355 bits per heavy atom. The maximum Gasteiger partial charge on any atom is 0.164 e. The van der Waals surface area contributed by atoms with E-state index in [1.807, 2.05) is 72.4 Å². The topological polar surface area (TPSA) is 62.5 Å². The third-order valence-electron chi connectivity index (χ3n) is 12.5. The van der Waals surface area contributed by atoms with Crippen LogP contribution in [-0.2, 0) is 5.41 Å². The molecule has 1 aromatic heterocycles. The van der Waals surface area contributed by atoms with E-state index in [-0.39, 0.29) is 0 Å². The van der Waals surface area contributed by atoms with Crippen LogP contribution in [0.3, 0.4) is 0 Å². The van der Waals surface area contributed by atoms with Gasteiger partial charge in [0.25, 0.3) is 0 Å². The first-order valence-corrected chi connectivity index (χ1v) is 21.6. The maximum atomic E-state index is 9.56. The van der Waals surface area contributed by atoms with E-state index in [0.717, 1.165) is 49.7 Å². The molecule has 0 radical (unpaired) electrons. The fourth-order valence-corrected chi connectivity index (χ4v) is 10.9. The fourth-order valence-electron chi connectivity index (χ4n) is 9.74. The first-order chi connectivity index (χ1) is 30.7. The first kappa shape index (κ1) is 36.0. The minimum Gasteiger partial charge on any atom is -0.208 e. The van der Waals surface area contributed by atoms with Gasteiger partial charge in [-0.05, 0) is 103 Å². The number of rotatable bonds is 5. The van der Waals surface area contributed by atoms with Crippen molar-refractivity contribution in [3.8, 4) is 73.6 Å². The minimum absolute atomic E-state index is 0.587. The van der Waals surface area contributed by atoms with Crippen LogP contribution in [0.2, 0.25) is 0 Å². The molecule has 9 aromatic carbocycles. The van der Waals surface area contributed by atoms with Crippen LogP contribution in [0, 0.1) is 11.3 Å². The Hall–Kier alpha value is -7.91. The third-order valence-corrected chi connectivity index (χ3v) is 13.6. The Morgan fingerprint density at radius 2 is 0.871 bits per heavy atom. The van der Waals surface area contributed by atoms with Gasteiger partial charge in [-0.3, -0.25) is 0 Å². The van der Waals surface area contributed by atoms with Gasteiger partial charge in [0.2, 0.25) is 0 Å². The second-order valence-electron chi connectivity index (χ2n) is 15.8. The Bertz CT molecular complexity index is 3340. The number of aromatic nitrogens is 3. The highest BCUT2D eigenvalue weighted by molar-refractivity contribution is 7.99.